The molecule has 1 aromatic heterocycles. The number of carbonyl (C=O) groups is 2. The van der Waals surface area contributed by atoms with Crippen LogP contribution in [0.25, 0.3) is 0 Å². The highest BCUT2D eigenvalue weighted by Crippen LogP contribution is 2.13. The zero-order valence-corrected chi connectivity index (χ0v) is 14.1. The average Bonchev–Trinajstić information content (AvgIpc) is 2.65. The molecule has 0 aliphatic carbocycles. The lowest BCUT2D eigenvalue weighted by atomic mass is 10.1. The molecule has 1 atom stereocenters. The van der Waals surface area contributed by atoms with Crippen LogP contribution in [-0.2, 0) is 16.1 Å². The molecule has 0 bridgehead atoms. The van der Waals surface area contributed by atoms with Crippen molar-refractivity contribution >= 4 is 11.8 Å². The largest absolute Gasteiger partial charge is 0.383 e. The van der Waals surface area contributed by atoms with E-state index in [1.807, 2.05) is 6.07 Å². The van der Waals surface area contributed by atoms with Gasteiger partial charge >= 0.3 is 0 Å². The van der Waals surface area contributed by atoms with Gasteiger partial charge in [0.1, 0.15) is 11.7 Å². The second-order valence-electron chi connectivity index (χ2n) is 5.20. The Hall–Kier alpha value is -3.00. The summed E-state index contributed by atoms with van der Waals surface area (Å²) in [5.74, 6) is -0.907. The average molecular weight is 344 g/mol. The molecule has 25 heavy (non-hydrogen) atoms. The van der Waals surface area contributed by atoms with Gasteiger partial charge in [0.2, 0.25) is 5.91 Å². The maximum absolute atomic E-state index is 12.5. The lowest BCUT2D eigenvalue weighted by Gasteiger charge is -2.17. The first kappa shape index (κ1) is 18.3. The fourth-order valence-corrected chi connectivity index (χ4v) is 2.20. The smallest absolute Gasteiger partial charge is 0.272 e. The third-order valence-electron chi connectivity index (χ3n) is 3.52. The number of rotatable bonds is 7. The van der Waals surface area contributed by atoms with Gasteiger partial charge in [0, 0.05) is 20.2 Å². The van der Waals surface area contributed by atoms with Crippen LogP contribution in [-0.4, -0.2) is 42.4 Å². The predicted octanol–water partition coefficient (Wildman–Crippen LogP) is 0.107. The van der Waals surface area contributed by atoms with Crippen LogP contribution < -0.4 is 16.2 Å². The van der Waals surface area contributed by atoms with Gasteiger partial charge in [-0.1, -0.05) is 30.3 Å². The quantitative estimate of drug-likeness (QED) is 0.742. The molecule has 1 heterocycles. The second-order valence-corrected chi connectivity index (χ2v) is 5.20. The Kier molecular flexibility index (Phi) is 6.41. The molecule has 0 fully saturated rings. The van der Waals surface area contributed by atoms with Gasteiger partial charge in [-0.15, -0.1) is 0 Å². The number of amides is 2. The highest BCUT2D eigenvalue weighted by Gasteiger charge is 2.23. The van der Waals surface area contributed by atoms with Crippen molar-refractivity contribution in [2.45, 2.75) is 12.6 Å². The Labute approximate surface area is 144 Å². The minimum absolute atomic E-state index is 0.0422. The highest BCUT2D eigenvalue weighted by atomic mass is 16.5. The van der Waals surface area contributed by atoms with Gasteiger partial charge in [-0.05, 0) is 11.6 Å². The van der Waals surface area contributed by atoms with Crippen molar-refractivity contribution in [3.8, 4) is 0 Å². The van der Waals surface area contributed by atoms with Gasteiger partial charge in [-0.2, -0.15) is 5.10 Å². The van der Waals surface area contributed by atoms with E-state index in [0.717, 1.165) is 4.68 Å². The van der Waals surface area contributed by atoms with Crippen LogP contribution in [0, 0.1) is 0 Å². The third-order valence-corrected chi connectivity index (χ3v) is 3.52. The SMILES string of the molecule is CNC(=O)[C@@H](NC(=O)c1ccc(=O)n(CCOC)n1)c1ccccc1. The summed E-state index contributed by atoms with van der Waals surface area (Å²) in [7, 11) is 3.00. The molecular weight excluding hydrogens is 324 g/mol. The molecule has 132 valence electrons. The predicted molar refractivity (Wildman–Crippen MR) is 91.1 cm³/mol. The Morgan fingerprint density at radius 3 is 2.56 bits per heavy atom. The molecule has 0 unspecified atom stereocenters. The third kappa shape index (κ3) is 4.74. The minimum Gasteiger partial charge on any atom is -0.383 e. The Morgan fingerprint density at radius 2 is 1.92 bits per heavy atom. The van der Waals surface area contributed by atoms with E-state index in [0.29, 0.717) is 12.2 Å². The fourth-order valence-electron chi connectivity index (χ4n) is 2.20. The zero-order chi connectivity index (χ0) is 18.2. The summed E-state index contributed by atoms with van der Waals surface area (Å²) >= 11 is 0. The Morgan fingerprint density at radius 1 is 1.20 bits per heavy atom. The van der Waals surface area contributed by atoms with Gasteiger partial charge < -0.3 is 15.4 Å². The van der Waals surface area contributed by atoms with Crippen LogP contribution in [0.15, 0.2) is 47.3 Å². The van der Waals surface area contributed by atoms with Crippen molar-refractivity contribution in [3.05, 3.63) is 64.1 Å². The topological polar surface area (TPSA) is 102 Å². The fraction of sp³-hybridized carbons (Fsp3) is 0.294. The lowest BCUT2D eigenvalue weighted by Crippen LogP contribution is -2.40. The maximum Gasteiger partial charge on any atom is 0.272 e. The minimum atomic E-state index is -0.861. The lowest BCUT2D eigenvalue weighted by molar-refractivity contribution is -0.122. The normalized spacial score (nSPS) is 11.6. The van der Waals surface area contributed by atoms with Gasteiger partial charge in [0.15, 0.2) is 0 Å². The van der Waals surface area contributed by atoms with Crippen LogP contribution in [0.2, 0.25) is 0 Å². The Balaban J connectivity index is 2.24. The highest BCUT2D eigenvalue weighted by molar-refractivity contribution is 5.96. The number of hydrogen-bond acceptors (Lipinski definition) is 5. The van der Waals surface area contributed by atoms with Crippen molar-refractivity contribution in [2.24, 2.45) is 0 Å². The molecule has 0 spiro atoms. The summed E-state index contributed by atoms with van der Waals surface area (Å²) < 4.78 is 6.06. The van der Waals surface area contributed by atoms with E-state index in [4.69, 9.17) is 4.74 Å². The molecule has 2 aromatic rings. The van der Waals surface area contributed by atoms with E-state index in [2.05, 4.69) is 15.7 Å². The molecule has 0 saturated carbocycles. The van der Waals surface area contributed by atoms with Gasteiger partial charge in [-0.25, -0.2) is 4.68 Å². The molecule has 2 amide bonds. The number of hydrogen-bond donors (Lipinski definition) is 2. The number of ether oxygens (including phenoxy) is 1. The number of benzene rings is 1. The number of carbonyl (C=O) groups excluding carboxylic acids is 2. The number of likely N-dealkylation sites (N-methyl/N-ethyl adjacent to an activating group) is 1. The molecule has 0 aliphatic heterocycles. The number of methoxy groups -OCH3 is 1. The van der Waals surface area contributed by atoms with E-state index < -0.39 is 11.9 Å². The molecule has 8 nitrogen and oxygen atoms in total. The van der Waals surface area contributed by atoms with E-state index in [1.54, 1.807) is 24.3 Å². The van der Waals surface area contributed by atoms with E-state index in [9.17, 15) is 14.4 Å². The van der Waals surface area contributed by atoms with Gasteiger partial charge in [0.25, 0.3) is 11.5 Å². The summed E-state index contributed by atoms with van der Waals surface area (Å²) in [4.78, 5) is 36.4. The van der Waals surface area contributed by atoms with Crippen LogP contribution >= 0.6 is 0 Å². The maximum atomic E-state index is 12.5. The van der Waals surface area contributed by atoms with Gasteiger partial charge in [-0.3, -0.25) is 14.4 Å². The number of nitrogens with zero attached hydrogens (tertiary/aromatic N) is 2. The molecule has 2 N–H and O–H groups in total. The van der Waals surface area contributed by atoms with E-state index in [1.165, 1.54) is 26.3 Å². The van der Waals surface area contributed by atoms with E-state index >= 15 is 0 Å². The van der Waals surface area contributed by atoms with Crippen LogP contribution in [0.4, 0.5) is 0 Å². The first-order valence-corrected chi connectivity index (χ1v) is 7.71. The summed E-state index contributed by atoms with van der Waals surface area (Å²) in [5.41, 5.74) is 0.350. The summed E-state index contributed by atoms with van der Waals surface area (Å²) in [6.07, 6.45) is 0. The first-order chi connectivity index (χ1) is 12.1. The van der Waals surface area contributed by atoms with Crippen molar-refractivity contribution in [3.63, 3.8) is 0 Å². The van der Waals surface area contributed by atoms with Crippen LogP contribution in [0.1, 0.15) is 22.1 Å². The standard InChI is InChI=1S/C17H20N4O4/c1-18-17(24)15(12-6-4-3-5-7-12)19-16(23)13-8-9-14(22)21(20-13)10-11-25-2/h3-9,15H,10-11H2,1-2H3,(H,18,24)(H,19,23)/t15-/m0/s1. The number of nitrogens with one attached hydrogen (secondary N) is 2. The molecule has 0 aliphatic rings. The van der Waals surface area contributed by atoms with Crippen molar-refractivity contribution in [2.75, 3.05) is 20.8 Å². The van der Waals surface area contributed by atoms with Crippen LogP contribution in [0.3, 0.4) is 0 Å². The van der Waals surface area contributed by atoms with Crippen molar-refractivity contribution in [1.82, 2.24) is 20.4 Å². The monoisotopic (exact) mass is 344 g/mol. The molecule has 1 aromatic carbocycles. The molecule has 8 heteroatoms. The molecular formula is C17H20N4O4. The molecule has 0 saturated heterocycles. The van der Waals surface area contributed by atoms with Crippen molar-refractivity contribution < 1.29 is 14.3 Å². The zero-order valence-electron chi connectivity index (χ0n) is 14.1. The summed E-state index contributed by atoms with van der Waals surface area (Å²) in [6.45, 7) is 0.525. The molecule has 2 rings (SSSR count). The second kappa shape index (κ2) is 8.74. The van der Waals surface area contributed by atoms with Crippen LogP contribution in [0.5, 0.6) is 0 Å². The van der Waals surface area contributed by atoms with Gasteiger partial charge in [0.05, 0.1) is 13.2 Å². The molecule has 0 radical (unpaired) electrons. The first-order valence-electron chi connectivity index (χ1n) is 7.71. The Bertz CT molecular complexity index is 789. The summed E-state index contributed by atoms with van der Waals surface area (Å²) in [5, 5.41) is 9.19. The van der Waals surface area contributed by atoms with Crippen molar-refractivity contribution in [1.29, 1.82) is 0 Å². The number of aromatic nitrogens is 2. The van der Waals surface area contributed by atoms with E-state index in [-0.39, 0.29) is 23.7 Å². The summed E-state index contributed by atoms with van der Waals surface area (Å²) in [6, 6.07) is 10.6.